The van der Waals surface area contributed by atoms with E-state index in [1.807, 2.05) is 6.07 Å². The number of rotatable bonds is 3. The Labute approximate surface area is 111 Å². The zero-order valence-electron chi connectivity index (χ0n) is 9.89. The van der Waals surface area contributed by atoms with E-state index in [1.54, 1.807) is 12.1 Å². The lowest BCUT2D eigenvalue weighted by Crippen LogP contribution is -1.95. The zero-order chi connectivity index (χ0) is 12.5. The van der Waals surface area contributed by atoms with Crippen LogP contribution in [0.4, 0.5) is 4.39 Å². The van der Waals surface area contributed by atoms with E-state index in [2.05, 4.69) is 24.3 Å². The third kappa shape index (κ3) is 2.28. The fourth-order valence-corrected chi connectivity index (χ4v) is 2.94. The second kappa shape index (κ2) is 4.74. The molecule has 0 radical (unpaired) electrons. The Kier molecular flexibility index (Phi) is 3.09. The van der Waals surface area contributed by atoms with Crippen LogP contribution in [0.1, 0.15) is 28.8 Å². The fourth-order valence-electron chi connectivity index (χ4n) is 2.52. The predicted molar refractivity (Wildman–Crippen MR) is 72.3 cm³/mol. The monoisotopic (exact) mass is 260 g/mol. The normalized spacial score (nSPS) is 23.7. The number of alkyl halides is 1. The first-order valence-electron chi connectivity index (χ1n) is 6.20. The molecule has 0 aliphatic heterocycles. The topological polar surface area (TPSA) is 0 Å². The molecule has 2 aromatic carbocycles. The van der Waals surface area contributed by atoms with Gasteiger partial charge in [-0.1, -0.05) is 42.5 Å². The Hall–Kier alpha value is -1.34. The molecule has 0 heterocycles. The van der Waals surface area contributed by atoms with Crippen molar-refractivity contribution in [1.29, 1.82) is 0 Å². The third-order valence-electron chi connectivity index (χ3n) is 3.63. The summed E-state index contributed by atoms with van der Waals surface area (Å²) in [5, 5.41) is -0.0178. The van der Waals surface area contributed by atoms with Gasteiger partial charge < -0.3 is 0 Å². The van der Waals surface area contributed by atoms with Gasteiger partial charge in [-0.05, 0) is 41.5 Å². The average Bonchev–Trinajstić information content (AvgIpc) is 3.20. The van der Waals surface area contributed by atoms with Crippen molar-refractivity contribution < 1.29 is 4.39 Å². The Morgan fingerprint density at radius 2 is 1.67 bits per heavy atom. The van der Waals surface area contributed by atoms with E-state index in [-0.39, 0.29) is 11.2 Å². The lowest BCUT2D eigenvalue weighted by atomic mass is 10.0. The van der Waals surface area contributed by atoms with Crippen LogP contribution in [0.5, 0.6) is 0 Å². The molecule has 0 saturated heterocycles. The summed E-state index contributed by atoms with van der Waals surface area (Å²) in [6, 6.07) is 17.0. The molecule has 1 aliphatic carbocycles. The van der Waals surface area contributed by atoms with Crippen molar-refractivity contribution >= 4 is 11.6 Å². The first-order chi connectivity index (χ1) is 8.75. The molecule has 18 heavy (non-hydrogen) atoms. The molecule has 2 aromatic rings. The lowest BCUT2D eigenvalue weighted by molar-refractivity contribution is 0.626. The first-order valence-corrected chi connectivity index (χ1v) is 6.64. The van der Waals surface area contributed by atoms with Gasteiger partial charge in [0.15, 0.2) is 0 Å². The van der Waals surface area contributed by atoms with Gasteiger partial charge in [0.05, 0.1) is 5.38 Å². The number of hydrogen-bond acceptors (Lipinski definition) is 0. The molecule has 0 aromatic heterocycles. The smallest absolute Gasteiger partial charge is 0.123 e. The molecule has 3 rings (SSSR count). The molecule has 0 N–H and O–H groups in total. The lowest BCUT2D eigenvalue weighted by Gasteiger charge is -2.09. The van der Waals surface area contributed by atoms with E-state index < -0.39 is 0 Å². The van der Waals surface area contributed by atoms with Crippen LogP contribution in [0, 0.1) is 11.7 Å². The largest absolute Gasteiger partial charge is 0.207 e. The summed E-state index contributed by atoms with van der Waals surface area (Å²) in [5.74, 6) is 0.816. The molecule has 0 bridgehead atoms. The minimum Gasteiger partial charge on any atom is -0.207 e. The van der Waals surface area contributed by atoms with E-state index in [0.29, 0.717) is 11.8 Å². The molecule has 2 heteroatoms. The number of benzene rings is 2. The molecule has 0 spiro atoms. The van der Waals surface area contributed by atoms with Gasteiger partial charge in [-0.25, -0.2) is 4.39 Å². The van der Waals surface area contributed by atoms with Gasteiger partial charge in [-0.3, -0.25) is 0 Å². The van der Waals surface area contributed by atoms with Crippen LogP contribution in [0.25, 0.3) is 0 Å². The minimum atomic E-state index is -0.210. The van der Waals surface area contributed by atoms with E-state index in [0.717, 1.165) is 12.0 Å². The van der Waals surface area contributed by atoms with Gasteiger partial charge in [0, 0.05) is 0 Å². The van der Waals surface area contributed by atoms with Gasteiger partial charge in [-0.2, -0.15) is 0 Å². The van der Waals surface area contributed by atoms with Crippen molar-refractivity contribution in [1.82, 2.24) is 0 Å². The summed E-state index contributed by atoms with van der Waals surface area (Å²) in [6.07, 6.45) is 1.12. The highest BCUT2D eigenvalue weighted by Crippen LogP contribution is 2.56. The van der Waals surface area contributed by atoms with Crippen LogP contribution in [0.3, 0.4) is 0 Å². The second-order valence-corrected chi connectivity index (χ2v) is 5.34. The Morgan fingerprint density at radius 1 is 1.00 bits per heavy atom. The van der Waals surface area contributed by atoms with Crippen LogP contribution >= 0.6 is 11.6 Å². The summed E-state index contributed by atoms with van der Waals surface area (Å²) in [7, 11) is 0. The van der Waals surface area contributed by atoms with E-state index in [4.69, 9.17) is 11.6 Å². The van der Waals surface area contributed by atoms with Crippen LogP contribution in [0.2, 0.25) is 0 Å². The molecule has 92 valence electrons. The van der Waals surface area contributed by atoms with Crippen molar-refractivity contribution in [3.05, 3.63) is 71.5 Å². The van der Waals surface area contributed by atoms with E-state index in [1.165, 1.54) is 17.7 Å². The van der Waals surface area contributed by atoms with Crippen molar-refractivity contribution in [2.75, 3.05) is 0 Å². The highest BCUT2D eigenvalue weighted by atomic mass is 35.5. The highest BCUT2D eigenvalue weighted by Gasteiger charge is 2.43. The van der Waals surface area contributed by atoms with E-state index >= 15 is 0 Å². The van der Waals surface area contributed by atoms with Crippen LogP contribution in [-0.2, 0) is 0 Å². The molecular formula is C16H14ClF. The Bertz CT molecular complexity index is 521. The van der Waals surface area contributed by atoms with Crippen LogP contribution in [0.15, 0.2) is 54.6 Å². The van der Waals surface area contributed by atoms with Crippen molar-refractivity contribution in [2.45, 2.75) is 17.7 Å². The fraction of sp³-hybridized carbons (Fsp3) is 0.250. The van der Waals surface area contributed by atoms with E-state index in [9.17, 15) is 4.39 Å². The van der Waals surface area contributed by atoms with Gasteiger partial charge >= 0.3 is 0 Å². The van der Waals surface area contributed by atoms with Gasteiger partial charge in [-0.15, -0.1) is 11.6 Å². The van der Waals surface area contributed by atoms with Gasteiger partial charge in [0.25, 0.3) is 0 Å². The summed E-state index contributed by atoms with van der Waals surface area (Å²) in [5.41, 5.74) is 2.37. The SMILES string of the molecule is Fc1ccc(C(Cl)C2CC2c2ccccc2)cc1. The number of hydrogen-bond donors (Lipinski definition) is 0. The summed E-state index contributed by atoms with van der Waals surface area (Å²) in [6.45, 7) is 0. The zero-order valence-corrected chi connectivity index (χ0v) is 10.6. The molecule has 1 saturated carbocycles. The summed E-state index contributed by atoms with van der Waals surface area (Å²) in [4.78, 5) is 0. The van der Waals surface area contributed by atoms with Crippen molar-refractivity contribution in [2.24, 2.45) is 5.92 Å². The second-order valence-electron chi connectivity index (χ2n) is 4.87. The molecule has 3 unspecified atom stereocenters. The summed E-state index contributed by atoms with van der Waals surface area (Å²) < 4.78 is 12.9. The maximum absolute atomic E-state index is 12.9. The standard InChI is InChI=1S/C16H14ClF/c17-16(12-6-8-13(18)9-7-12)15-10-14(15)11-4-2-1-3-5-11/h1-9,14-16H,10H2. The minimum absolute atomic E-state index is 0.0178. The maximum Gasteiger partial charge on any atom is 0.123 e. The third-order valence-corrected chi connectivity index (χ3v) is 4.21. The number of halogens is 2. The molecule has 0 amide bonds. The Balaban J connectivity index is 1.73. The molecular weight excluding hydrogens is 247 g/mol. The average molecular weight is 261 g/mol. The maximum atomic E-state index is 12.9. The van der Waals surface area contributed by atoms with Gasteiger partial charge in [0.1, 0.15) is 5.82 Å². The highest BCUT2D eigenvalue weighted by molar-refractivity contribution is 6.21. The molecule has 1 fully saturated rings. The molecule has 0 nitrogen and oxygen atoms in total. The van der Waals surface area contributed by atoms with Crippen molar-refractivity contribution in [3.8, 4) is 0 Å². The predicted octanol–water partition coefficient (Wildman–Crippen LogP) is 4.91. The molecule has 1 aliphatic rings. The van der Waals surface area contributed by atoms with Crippen LogP contribution < -0.4 is 0 Å². The molecule has 3 atom stereocenters. The van der Waals surface area contributed by atoms with Crippen LogP contribution in [-0.4, -0.2) is 0 Å². The first kappa shape index (κ1) is 11.7. The van der Waals surface area contributed by atoms with Gasteiger partial charge in [0.2, 0.25) is 0 Å². The Morgan fingerprint density at radius 3 is 2.33 bits per heavy atom. The van der Waals surface area contributed by atoms with Crippen molar-refractivity contribution in [3.63, 3.8) is 0 Å². The quantitative estimate of drug-likeness (QED) is 0.688. The summed E-state index contributed by atoms with van der Waals surface area (Å²) >= 11 is 6.48.